The minimum Gasteiger partial charge on any atom is -0.508 e. The lowest BCUT2D eigenvalue weighted by molar-refractivity contribution is -0.400. The molecule has 1 aromatic heterocycles. The lowest BCUT2D eigenvalue weighted by Crippen LogP contribution is -2.70. The summed E-state index contributed by atoms with van der Waals surface area (Å²) in [6, 6.07) is 27.0. The second kappa shape index (κ2) is 8.64. The van der Waals surface area contributed by atoms with E-state index in [1.165, 1.54) is 0 Å². The van der Waals surface area contributed by atoms with Gasteiger partial charge >= 0.3 is 7.25 Å². The maximum absolute atomic E-state index is 9.75. The van der Waals surface area contributed by atoms with E-state index in [4.69, 9.17) is 4.42 Å². The third-order valence-corrected chi connectivity index (χ3v) is 3.88. The number of rotatable bonds is 2. The topological polar surface area (TPSA) is 47.3 Å². The van der Waals surface area contributed by atoms with Gasteiger partial charge in [-0.3, -0.25) is 0 Å². The fourth-order valence-electron chi connectivity index (χ4n) is 2.68. The van der Waals surface area contributed by atoms with E-state index in [-0.39, 0.29) is 5.75 Å². The molecule has 0 aliphatic carbocycles. The first-order valence-electron chi connectivity index (χ1n) is 8.64. The summed E-state index contributed by atoms with van der Waals surface area (Å²) < 4.78 is 45.1. The molecule has 0 radical (unpaired) electrons. The van der Waals surface area contributed by atoms with E-state index in [9.17, 15) is 22.4 Å². The predicted molar refractivity (Wildman–Crippen MR) is 104 cm³/mol. The molecule has 0 spiro atoms. The van der Waals surface area contributed by atoms with Gasteiger partial charge in [-0.1, -0.05) is 42.5 Å². The number of nitrogens with one attached hydrogen (secondary N) is 1. The highest BCUT2D eigenvalue weighted by atomic mass is 19.5. The quantitative estimate of drug-likeness (QED) is 0.297. The van der Waals surface area contributed by atoms with E-state index in [0.29, 0.717) is 0 Å². The summed E-state index contributed by atoms with van der Waals surface area (Å²) in [6.45, 7) is 0. The summed E-state index contributed by atoms with van der Waals surface area (Å²) in [4.78, 5) is 3.41. The molecular weight excluding hydrogens is 385 g/mol. The van der Waals surface area contributed by atoms with Gasteiger partial charge in [0.1, 0.15) is 17.1 Å². The number of hydrogen-bond donors (Lipinski definition) is 2. The van der Waals surface area contributed by atoms with Gasteiger partial charge < -0.3 is 26.8 Å². The lowest BCUT2D eigenvalue weighted by Gasteiger charge is -2.02. The second-order valence-electron chi connectivity index (χ2n) is 6.05. The predicted octanol–water partition coefficient (Wildman–Crippen LogP) is 4.42. The molecule has 8 heteroatoms. The highest BCUT2D eigenvalue weighted by Gasteiger charge is 2.20. The summed E-state index contributed by atoms with van der Waals surface area (Å²) in [5.41, 5.74) is 2.75. The molecule has 0 saturated heterocycles. The van der Waals surface area contributed by atoms with Crippen molar-refractivity contribution >= 4 is 23.9 Å². The monoisotopic (exact) mass is 401 g/mol. The van der Waals surface area contributed by atoms with Gasteiger partial charge in [0.05, 0.1) is 11.5 Å². The van der Waals surface area contributed by atoms with Crippen molar-refractivity contribution in [2.45, 2.75) is 0 Å². The van der Waals surface area contributed by atoms with Crippen LogP contribution in [-0.2, 0) is 0 Å². The Hall–Kier alpha value is -3.55. The van der Waals surface area contributed by atoms with Crippen molar-refractivity contribution < 1.29 is 31.8 Å². The Balaban J connectivity index is 0.000000431. The summed E-state index contributed by atoms with van der Waals surface area (Å²) in [5, 5.41) is 11.4. The van der Waals surface area contributed by atoms with Gasteiger partial charge in [0, 0.05) is 17.7 Å². The number of hydrogen-bond acceptors (Lipinski definition) is 2. The minimum absolute atomic E-state index is 0.249. The number of aromatic hydroxyl groups is 1. The van der Waals surface area contributed by atoms with Crippen LogP contribution in [0.3, 0.4) is 0 Å². The molecule has 0 saturated carbocycles. The van der Waals surface area contributed by atoms with Crippen LogP contribution in [0.25, 0.3) is 22.3 Å². The van der Waals surface area contributed by atoms with E-state index in [1.54, 1.807) is 12.1 Å². The summed E-state index contributed by atoms with van der Waals surface area (Å²) >= 11 is 0. The number of para-hydroxylation sites is 1. The molecule has 1 heterocycles. The normalized spacial score (nSPS) is 11.8. The molecule has 4 aromatic rings. The summed E-state index contributed by atoms with van der Waals surface area (Å²) in [6.07, 6.45) is 0. The van der Waals surface area contributed by atoms with Crippen molar-refractivity contribution in [2.24, 2.45) is 0 Å². The molecule has 0 atom stereocenters. The first kappa shape index (κ1) is 20.2. The van der Waals surface area contributed by atoms with Crippen molar-refractivity contribution in [3.05, 3.63) is 90.3 Å². The van der Waals surface area contributed by atoms with Gasteiger partial charge in [0.2, 0.25) is 11.0 Å². The number of benzene rings is 3. The van der Waals surface area contributed by atoms with Crippen LogP contribution in [-0.4, -0.2) is 12.4 Å². The smallest absolute Gasteiger partial charge is 0.508 e. The third-order valence-electron chi connectivity index (χ3n) is 3.88. The largest absolute Gasteiger partial charge is 0.673 e. The highest BCUT2D eigenvalue weighted by Crippen LogP contribution is 2.21. The van der Waals surface area contributed by atoms with Gasteiger partial charge in [0.25, 0.3) is 0 Å². The van der Waals surface area contributed by atoms with Crippen LogP contribution in [0.4, 0.5) is 23.0 Å². The lowest BCUT2D eigenvalue weighted by atomic mass is 10.1. The maximum Gasteiger partial charge on any atom is 0.673 e. The van der Waals surface area contributed by atoms with Crippen molar-refractivity contribution in [2.75, 3.05) is 0 Å². The molecule has 4 rings (SSSR count). The van der Waals surface area contributed by atoms with E-state index < -0.39 is 7.25 Å². The van der Waals surface area contributed by atoms with Gasteiger partial charge in [-0.2, -0.15) is 0 Å². The van der Waals surface area contributed by atoms with Crippen molar-refractivity contribution in [3.8, 4) is 17.1 Å². The average molecular weight is 401 g/mol. The maximum atomic E-state index is 9.75. The molecule has 3 nitrogen and oxygen atoms in total. The van der Waals surface area contributed by atoms with E-state index >= 15 is 0 Å². The Labute approximate surface area is 163 Å². The van der Waals surface area contributed by atoms with Gasteiger partial charge in [-0.15, -0.1) is 0 Å². The first-order valence-corrected chi connectivity index (χ1v) is 8.64. The molecule has 0 unspecified atom stereocenters. The van der Waals surface area contributed by atoms with Crippen LogP contribution < -0.4 is 10.3 Å². The fourth-order valence-corrected chi connectivity index (χ4v) is 2.68. The molecule has 0 fully saturated rings. The van der Waals surface area contributed by atoms with Gasteiger partial charge in [0.15, 0.2) is 0 Å². The van der Waals surface area contributed by atoms with E-state index in [2.05, 4.69) is 4.99 Å². The number of fused-ring (bicyclic) bond motifs is 1. The van der Waals surface area contributed by atoms with Crippen LogP contribution in [0.1, 0.15) is 0 Å². The zero-order valence-corrected chi connectivity index (χ0v) is 15.0. The van der Waals surface area contributed by atoms with Crippen molar-refractivity contribution in [1.29, 1.82) is 0 Å². The van der Waals surface area contributed by atoms with Gasteiger partial charge in [-0.25, -0.2) is 4.99 Å². The molecule has 3 aromatic carbocycles. The van der Waals surface area contributed by atoms with Gasteiger partial charge in [-0.05, 0) is 24.3 Å². The third kappa shape index (κ3) is 5.97. The highest BCUT2D eigenvalue weighted by molar-refractivity contribution is 6.50. The summed E-state index contributed by atoms with van der Waals surface area (Å²) in [7, 11) is -6.00. The second-order valence-corrected chi connectivity index (χ2v) is 6.05. The molecule has 0 bridgehead atoms. The fraction of sp³-hybridized carbons (Fsp3) is 0. The summed E-state index contributed by atoms with van der Waals surface area (Å²) in [5.74, 6) is 1.05. The molecule has 0 amide bonds. The van der Waals surface area contributed by atoms with E-state index in [0.717, 1.165) is 33.3 Å². The van der Waals surface area contributed by atoms with Crippen LogP contribution in [0.15, 0.2) is 89.3 Å². The van der Waals surface area contributed by atoms with Crippen molar-refractivity contribution in [1.82, 2.24) is 0 Å². The average Bonchev–Trinajstić information content (AvgIpc) is 2.69. The molecule has 148 valence electrons. The van der Waals surface area contributed by atoms with Crippen LogP contribution in [0, 0.1) is 0 Å². The minimum atomic E-state index is -6.00. The SMILES string of the molecule is F[B-](F)(F)F.Oc1ccc([NH+]=c2cc(-c3ccccc3)oc3ccccc23)cc1. The Morgan fingerprint density at radius 2 is 1.34 bits per heavy atom. The Morgan fingerprint density at radius 3 is 2.00 bits per heavy atom. The van der Waals surface area contributed by atoms with Crippen molar-refractivity contribution in [3.63, 3.8) is 0 Å². The van der Waals surface area contributed by atoms with Crippen LogP contribution in [0.2, 0.25) is 0 Å². The first-order chi connectivity index (χ1) is 13.8. The number of phenolic OH excluding ortho intramolecular Hbond substituents is 1. The molecule has 29 heavy (non-hydrogen) atoms. The Morgan fingerprint density at radius 1 is 0.759 bits per heavy atom. The van der Waals surface area contributed by atoms with Crippen LogP contribution >= 0.6 is 0 Å². The zero-order chi connectivity index (χ0) is 20.9. The van der Waals surface area contributed by atoms with Crippen LogP contribution in [0.5, 0.6) is 5.75 Å². The molecule has 2 N–H and O–H groups in total. The number of halogens is 4. The van der Waals surface area contributed by atoms with E-state index in [1.807, 2.05) is 72.8 Å². The molecule has 0 aliphatic rings. The standard InChI is InChI=1S/C21H15NO2.BF4/c23-17-12-10-16(11-13-17)22-19-14-21(15-6-2-1-3-7-15)24-20-9-5-4-8-18(19)20;2-1(3,4)5/h1-14,23H;/q;-1/p+1. The molecule has 0 aliphatic heterocycles. The number of phenols is 1. The zero-order valence-electron chi connectivity index (χ0n) is 15.0. The Bertz CT molecular complexity index is 1150. The molecular formula is C21H16BF4NO2. The Kier molecular flexibility index (Phi) is 6.02.